The van der Waals surface area contributed by atoms with Gasteiger partial charge in [-0.3, -0.25) is 14.1 Å². The van der Waals surface area contributed by atoms with Gasteiger partial charge < -0.3 is 0 Å². The molecule has 5 unspecified atom stereocenters. The fourth-order valence-corrected chi connectivity index (χ4v) is 7.02. The van der Waals surface area contributed by atoms with Crippen LogP contribution in [0, 0.1) is 18.8 Å². The van der Waals surface area contributed by atoms with E-state index in [1.165, 1.54) is 22.5 Å². The molecular formula is C27H27N3OS. The van der Waals surface area contributed by atoms with Crippen LogP contribution >= 0.6 is 11.3 Å². The molecule has 3 heterocycles. The zero-order chi connectivity index (χ0) is 21.8. The molecule has 0 spiro atoms. The lowest BCUT2D eigenvalue weighted by Crippen LogP contribution is -2.42. The van der Waals surface area contributed by atoms with Crippen LogP contribution in [0.15, 0.2) is 77.0 Å². The van der Waals surface area contributed by atoms with E-state index in [1.807, 2.05) is 18.5 Å². The van der Waals surface area contributed by atoms with Crippen LogP contribution in [0.1, 0.15) is 47.2 Å². The summed E-state index contributed by atoms with van der Waals surface area (Å²) in [5.41, 5.74) is 4.67. The Hall–Kier alpha value is -2.76. The second kappa shape index (κ2) is 7.68. The minimum Gasteiger partial charge on any atom is -0.296 e. The third-order valence-corrected chi connectivity index (χ3v) is 8.53. The molecule has 4 aromatic rings. The van der Waals surface area contributed by atoms with Crippen molar-refractivity contribution in [2.24, 2.45) is 11.8 Å². The van der Waals surface area contributed by atoms with Crippen LogP contribution in [-0.4, -0.2) is 27.4 Å². The van der Waals surface area contributed by atoms with Crippen LogP contribution in [-0.2, 0) is 0 Å². The Kier molecular flexibility index (Phi) is 4.77. The summed E-state index contributed by atoms with van der Waals surface area (Å²) in [7, 11) is 0. The Bertz CT molecular complexity index is 1260. The van der Waals surface area contributed by atoms with Gasteiger partial charge >= 0.3 is 0 Å². The number of hydrogen-bond acceptors (Lipinski definition) is 4. The highest BCUT2D eigenvalue weighted by Gasteiger charge is 2.56. The minimum absolute atomic E-state index is 0.0604. The highest BCUT2D eigenvalue weighted by atomic mass is 32.1. The average molecular weight is 442 g/mol. The summed E-state index contributed by atoms with van der Waals surface area (Å²) in [5, 5.41) is 1.93. The molecule has 0 radical (unpaired) electrons. The van der Waals surface area contributed by atoms with Gasteiger partial charge in [-0.25, -0.2) is 4.98 Å². The van der Waals surface area contributed by atoms with Gasteiger partial charge in [0, 0.05) is 30.7 Å². The molecule has 2 fully saturated rings. The van der Waals surface area contributed by atoms with Gasteiger partial charge in [-0.05, 0) is 48.6 Å². The van der Waals surface area contributed by atoms with Crippen LogP contribution in [0.4, 0.5) is 0 Å². The van der Waals surface area contributed by atoms with E-state index in [1.54, 1.807) is 4.40 Å². The summed E-state index contributed by atoms with van der Waals surface area (Å²) in [6.07, 6.45) is 1.84. The number of rotatable bonds is 4. The van der Waals surface area contributed by atoms with E-state index in [-0.39, 0.29) is 11.6 Å². The molecule has 0 amide bonds. The fraction of sp³-hybridized carbons (Fsp3) is 0.333. The molecular weight excluding hydrogens is 414 g/mol. The smallest absolute Gasteiger partial charge is 0.263 e. The van der Waals surface area contributed by atoms with E-state index < -0.39 is 0 Å². The first-order chi connectivity index (χ1) is 15.6. The van der Waals surface area contributed by atoms with Gasteiger partial charge in [-0.1, -0.05) is 60.7 Å². The number of thiazole rings is 1. The van der Waals surface area contributed by atoms with Gasteiger partial charge in [0.2, 0.25) is 0 Å². The zero-order valence-electron chi connectivity index (χ0n) is 18.4. The third kappa shape index (κ3) is 2.99. The first-order valence-electron chi connectivity index (χ1n) is 11.4. The van der Waals surface area contributed by atoms with Gasteiger partial charge in [0.15, 0.2) is 4.96 Å². The van der Waals surface area contributed by atoms with Crippen LogP contribution in [0.5, 0.6) is 0 Å². The Labute approximate surface area is 192 Å². The molecule has 5 atom stereocenters. The van der Waals surface area contributed by atoms with Gasteiger partial charge in [-0.2, -0.15) is 0 Å². The molecule has 1 aliphatic heterocycles. The lowest BCUT2D eigenvalue weighted by atomic mass is 9.54. The van der Waals surface area contributed by atoms with Crippen molar-refractivity contribution < 1.29 is 0 Å². The Balaban J connectivity index is 1.35. The topological polar surface area (TPSA) is 37.6 Å². The molecule has 2 aliphatic rings. The second-order valence-electron chi connectivity index (χ2n) is 9.30. The Morgan fingerprint density at radius 3 is 2.06 bits per heavy atom. The highest BCUT2D eigenvalue weighted by Crippen LogP contribution is 2.61. The standard InChI is InChI=1S/C27H27N3OS/c1-17-23(26(31)30-13-14-32-27(30)28-17)18(2)29-15-21-22(16-29)25(20-11-7-4-8-12-20)24(21)19-9-5-3-6-10-19/h3-14,18,21-22,24-25H,15-16H2,1-2H3. The maximum absolute atomic E-state index is 13.3. The lowest BCUT2D eigenvalue weighted by molar-refractivity contribution is 0.142. The largest absolute Gasteiger partial charge is 0.296 e. The zero-order valence-corrected chi connectivity index (χ0v) is 19.2. The van der Waals surface area contributed by atoms with Crippen LogP contribution in [0.3, 0.4) is 0 Å². The van der Waals surface area contributed by atoms with E-state index in [9.17, 15) is 4.79 Å². The number of nitrogens with zero attached hydrogens (tertiary/aromatic N) is 3. The Morgan fingerprint density at radius 2 is 1.50 bits per heavy atom. The van der Waals surface area contributed by atoms with E-state index in [0.717, 1.165) is 29.3 Å². The summed E-state index contributed by atoms with van der Waals surface area (Å²) < 4.78 is 1.70. The molecule has 6 rings (SSSR count). The summed E-state index contributed by atoms with van der Waals surface area (Å²) in [5.74, 6) is 2.29. The maximum atomic E-state index is 13.3. The van der Waals surface area contributed by atoms with Gasteiger partial charge in [0.05, 0.1) is 11.3 Å². The molecule has 5 heteroatoms. The van der Waals surface area contributed by atoms with Crippen LogP contribution < -0.4 is 5.56 Å². The van der Waals surface area contributed by atoms with Crippen LogP contribution in [0.25, 0.3) is 4.96 Å². The van der Waals surface area contributed by atoms with Crippen molar-refractivity contribution in [1.82, 2.24) is 14.3 Å². The van der Waals surface area contributed by atoms with Gasteiger partial charge in [0.25, 0.3) is 5.56 Å². The SMILES string of the molecule is Cc1nc2sccn2c(=O)c1C(C)N1CC2C(C1)C(c1ccccc1)C2c1ccccc1. The molecule has 2 aromatic carbocycles. The summed E-state index contributed by atoms with van der Waals surface area (Å²) in [4.78, 5) is 21.3. The molecule has 32 heavy (non-hydrogen) atoms. The average Bonchev–Trinajstić information content (AvgIpc) is 3.41. The predicted octanol–water partition coefficient (Wildman–Crippen LogP) is 5.25. The van der Waals surface area contributed by atoms with E-state index in [0.29, 0.717) is 23.7 Å². The molecule has 4 nitrogen and oxygen atoms in total. The number of aryl methyl sites for hydroxylation is 1. The Morgan fingerprint density at radius 1 is 0.938 bits per heavy atom. The molecule has 162 valence electrons. The molecule has 0 N–H and O–H groups in total. The molecule has 1 aliphatic carbocycles. The van der Waals surface area contributed by atoms with Crippen molar-refractivity contribution in [3.8, 4) is 0 Å². The van der Waals surface area contributed by atoms with E-state index in [4.69, 9.17) is 4.98 Å². The first kappa shape index (κ1) is 19.9. The predicted molar refractivity (Wildman–Crippen MR) is 129 cm³/mol. The fourth-order valence-electron chi connectivity index (χ4n) is 6.27. The van der Waals surface area contributed by atoms with Crippen molar-refractivity contribution in [2.45, 2.75) is 31.7 Å². The molecule has 1 saturated carbocycles. The van der Waals surface area contributed by atoms with Crippen LogP contribution in [0.2, 0.25) is 0 Å². The maximum Gasteiger partial charge on any atom is 0.263 e. The number of likely N-dealkylation sites (tertiary alicyclic amines) is 1. The van der Waals surface area contributed by atoms with Gasteiger partial charge in [-0.15, -0.1) is 11.3 Å². The highest BCUT2D eigenvalue weighted by molar-refractivity contribution is 7.15. The molecule has 2 aromatic heterocycles. The number of aromatic nitrogens is 2. The summed E-state index contributed by atoms with van der Waals surface area (Å²) in [6.45, 7) is 6.22. The van der Waals surface area contributed by atoms with E-state index in [2.05, 4.69) is 72.5 Å². The third-order valence-electron chi connectivity index (χ3n) is 7.78. The summed E-state index contributed by atoms with van der Waals surface area (Å²) >= 11 is 1.51. The van der Waals surface area contributed by atoms with Gasteiger partial charge in [0.1, 0.15) is 0 Å². The quantitative estimate of drug-likeness (QED) is 0.434. The first-order valence-corrected chi connectivity index (χ1v) is 12.3. The number of fused-ring (bicyclic) bond motifs is 2. The monoisotopic (exact) mass is 441 g/mol. The normalized spacial score (nSPS) is 26.1. The molecule has 0 bridgehead atoms. The van der Waals surface area contributed by atoms with Crippen molar-refractivity contribution in [1.29, 1.82) is 0 Å². The van der Waals surface area contributed by atoms with E-state index >= 15 is 0 Å². The second-order valence-corrected chi connectivity index (χ2v) is 10.2. The van der Waals surface area contributed by atoms with Crippen molar-refractivity contribution in [3.63, 3.8) is 0 Å². The minimum atomic E-state index is 0.0604. The number of benzene rings is 2. The summed E-state index contributed by atoms with van der Waals surface area (Å²) in [6, 6.07) is 22.0. The van der Waals surface area contributed by atoms with Crippen molar-refractivity contribution in [3.05, 3.63) is 105 Å². The lowest BCUT2D eigenvalue weighted by Gasteiger charge is -2.49. The van der Waals surface area contributed by atoms with Crippen molar-refractivity contribution in [2.75, 3.05) is 13.1 Å². The molecule has 1 saturated heterocycles. The van der Waals surface area contributed by atoms with Crippen molar-refractivity contribution >= 4 is 16.3 Å². The number of hydrogen-bond donors (Lipinski definition) is 0.